The molecule has 0 amide bonds. The molecule has 0 radical (unpaired) electrons. The maximum atomic E-state index is 10.5. The quantitative estimate of drug-likeness (QED) is 0.301. The Morgan fingerprint density at radius 1 is 1.56 bits per heavy atom. The molecule has 1 heterocycles. The Kier molecular flexibility index (Phi) is 1.57. The first-order valence-corrected chi connectivity index (χ1v) is 3.29. The Morgan fingerprint density at radius 3 is 2.44 bits per heavy atom. The van der Waals surface area contributed by atoms with Crippen LogP contribution < -0.4 is 0 Å². The van der Waals surface area contributed by atoms with Crippen LogP contribution in [-0.2, 0) is 9.59 Å². The van der Waals surface area contributed by atoms with Gasteiger partial charge in [-0.05, 0) is 0 Å². The predicted octanol–water partition coefficient (Wildman–Crippen LogP) is 0.271. The molecular formula is C5H4O3S. The number of rotatable bonds is 0. The van der Waals surface area contributed by atoms with Gasteiger partial charge >= 0.3 is 0 Å². The topological polar surface area (TPSA) is 54.4 Å². The first kappa shape index (κ1) is 6.35. The maximum Gasteiger partial charge on any atom is 0.226 e. The number of hydrogen-bond acceptors (Lipinski definition) is 4. The minimum atomic E-state index is -0.331. The summed E-state index contributed by atoms with van der Waals surface area (Å²) in [5, 5.41) is 7.96. The van der Waals surface area contributed by atoms with Crippen LogP contribution in [0.5, 0.6) is 0 Å². The van der Waals surface area contributed by atoms with Crippen LogP contribution in [0.2, 0.25) is 0 Å². The lowest BCUT2D eigenvalue weighted by Gasteiger charge is -1.82. The Morgan fingerprint density at radius 2 is 2.22 bits per heavy atom. The molecule has 48 valence electrons. The molecule has 0 aromatic heterocycles. The third-order valence-corrected chi connectivity index (χ3v) is 1.87. The number of carbonyl (C=O) groups is 2. The fourth-order valence-electron chi connectivity index (χ4n) is 0.525. The van der Waals surface area contributed by atoms with Crippen LogP contribution in [0, 0.1) is 0 Å². The second-order valence-corrected chi connectivity index (χ2v) is 2.49. The molecule has 0 aromatic carbocycles. The standard InChI is InChI=1S/C5H4O3S/c6-1-3-4(7)2-9-5(3)8/h1,6H,2H2. The highest BCUT2D eigenvalue weighted by Gasteiger charge is 2.26. The molecular weight excluding hydrogens is 140 g/mol. The van der Waals surface area contributed by atoms with Gasteiger partial charge in [0, 0.05) is 0 Å². The molecule has 1 aliphatic heterocycles. The van der Waals surface area contributed by atoms with Crippen molar-refractivity contribution in [1.82, 2.24) is 0 Å². The number of hydrogen-bond donors (Lipinski definition) is 1. The fourth-order valence-corrected chi connectivity index (χ4v) is 1.26. The van der Waals surface area contributed by atoms with Crippen molar-refractivity contribution < 1.29 is 14.7 Å². The molecule has 1 rings (SSSR count). The van der Waals surface area contributed by atoms with Crippen molar-refractivity contribution in [2.24, 2.45) is 0 Å². The van der Waals surface area contributed by atoms with E-state index < -0.39 is 0 Å². The van der Waals surface area contributed by atoms with E-state index in [1.807, 2.05) is 0 Å². The molecule has 0 atom stereocenters. The smallest absolute Gasteiger partial charge is 0.226 e. The molecule has 1 saturated heterocycles. The second-order valence-electron chi connectivity index (χ2n) is 1.54. The van der Waals surface area contributed by atoms with Crippen LogP contribution in [0.4, 0.5) is 0 Å². The van der Waals surface area contributed by atoms with Crippen molar-refractivity contribution in [2.45, 2.75) is 0 Å². The summed E-state index contributed by atoms with van der Waals surface area (Å²) in [4.78, 5) is 21.1. The SMILES string of the molecule is O=C1CSC(=O)C1=CO. The Labute approximate surface area is 55.7 Å². The molecule has 0 spiro atoms. The van der Waals surface area contributed by atoms with E-state index in [0.717, 1.165) is 11.8 Å². The van der Waals surface area contributed by atoms with Gasteiger partial charge in [-0.2, -0.15) is 0 Å². The number of ketones is 1. The van der Waals surface area contributed by atoms with E-state index in [1.165, 1.54) is 0 Å². The summed E-state index contributed by atoms with van der Waals surface area (Å²) in [5.74, 6) is -0.113. The lowest BCUT2D eigenvalue weighted by molar-refractivity contribution is -0.115. The first-order valence-electron chi connectivity index (χ1n) is 2.30. The minimum absolute atomic E-state index is 0.0833. The highest BCUT2D eigenvalue weighted by molar-refractivity contribution is 8.15. The summed E-state index contributed by atoms with van der Waals surface area (Å²) in [6, 6.07) is 0. The molecule has 0 bridgehead atoms. The summed E-state index contributed by atoms with van der Waals surface area (Å²) in [7, 11) is 0. The molecule has 0 aliphatic carbocycles. The van der Waals surface area contributed by atoms with Gasteiger partial charge in [0.2, 0.25) is 5.12 Å². The summed E-state index contributed by atoms with van der Waals surface area (Å²) in [6.07, 6.45) is 0.574. The van der Waals surface area contributed by atoms with Crippen LogP contribution in [0.25, 0.3) is 0 Å². The number of carbonyl (C=O) groups excluding carboxylic acids is 2. The maximum absolute atomic E-state index is 10.5. The molecule has 3 nitrogen and oxygen atoms in total. The summed E-state index contributed by atoms with van der Waals surface area (Å²) in [6.45, 7) is 0. The van der Waals surface area contributed by atoms with Gasteiger partial charge in [0.05, 0.1) is 12.0 Å². The zero-order chi connectivity index (χ0) is 6.85. The van der Waals surface area contributed by atoms with Gasteiger partial charge in [0.15, 0.2) is 5.78 Å². The zero-order valence-electron chi connectivity index (χ0n) is 4.46. The normalized spacial score (nSPS) is 23.8. The van der Waals surface area contributed by atoms with E-state index >= 15 is 0 Å². The van der Waals surface area contributed by atoms with Crippen molar-refractivity contribution in [3.63, 3.8) is 0 Å². The Hall–Kier alpha value is -0.770. The molecule has 9 heavy (non-hydrogen) atoms. The number of thioether (sulfide) groups is 1. The second kappa shape index (κ2) is 2.23. The van der Waals surface area contributed by atoms with Gasteiger partial charge in [0.25, 0.3) is 0 Å². The van der Waals surface area contributed by atoms with E-state index in [-0.39, 0.29) is 22.2 Å². The van der Waals surface area contributed by atoms with E-state index in [9.17, 15) is 9.59 Å². The van der Waals surface area contributed by atoms with Crippen LogP contribution in [0.15, 0.2) is 11.8 Å². The summed E-state index contributed by atoms with van der Waals surface area (Å²) >= 11 is 0.921. The monoisotopic (exact) mass is 144 g/mol. The van der Waals surface area contributed by atoms with Crippen LogP contribution in [-0.4, -0.2) is 21.8 Å². The van der Waals surface area contributed by atoms with Crippen LogP contribution >= 0.6 is 11.8 Å². The van der Waals surface area contributed by atoms with Crippen LogP contribution in [0.3, 0.4) is 0 Å². The van der Waals surface area contributed by atoms with Gasteiger partial charge in [-0.25, -0.2) is 0 Å². The van der Waals surface area contributed by atoms with Crippen molar-refractivity contribution >= 4 is 22.7 Å². The molecule has 0 unspecified atom stereocenters. The number of aliphatic hydroxyl groups excluding tert-OH is 1. The van der Waals surface area contributed by atoms with Crippen molar-refractivity contribution in [3.8, 4) is 0 Å². The molecule has 1 aliphatic rings. The van der Waals surface area contributed by atoms with Gasteiger partial charge in [0.1, 0.15) is 5.57 Å². The average Bonchev–Trinajstić information content (AvgIpc) is 2.12. The fraction of sp³-hybridized carbons (Fsp3) is 0.200. The van der Waals surface area contributed by atoms with Crippen LogP contribution in [0.1, 0.15) is 0 Å². The third-order valence-electron chi connectivity index (χ3n) is 0.984. The van der Waals surface area contributed by atoms with E-state index in [1.54, 1.807) is 0 Å². The van der Waals surface area contributed by atoms with E-state index in [0.29, 0.717) is 6.26 Å². The average molecular weight is 144 g/mol. The minimum Gasteiger partial charge on any atom is -0.515 e. The highest BCUT2D eigenvalue weighted by atomic mass is 32.2. The van der Waals surface area contributed by atoms with Crippen molar-refractivity contribution in [1.29, 1.82) is 0 Å². The molecule has 1 fully saturated rings. The van der Waals surface area contributed by atoms with Gasteiger partial charge < -0.3 is 5.11 Å². The largest absolute Gasteiger partial charge is 0.515 e. The van der Waals surface area contributed by atoms with Gasteiger partial charge in [-0.15, -0.1) is 0 Å². The van der Waals surface area contributed by atoms with Gasteiger partial charge in [-0.3, -0.25) is 9.59 Å². The lowest BCUT2D eigenvalue weighted by Crippen LogP contribution is -1.99. The predicted molar refractivity (Wildman–Crippen MR) is 33.2 cm³/mol. The van der Waals surface area contributed by atoms with E-state index in [4.69, 9.17) is 5.11 Å². The number of Topliss-reactive ketones (excluding diaryl/α,β-unsaturated/α-hetero) is 1. The van der Waals surface area contributed by atoms with E-state index in [2.05, 4.69) is 0 Å². The third kappa shape index (κ3) is 0.977. The molecule has 1 N–H and O–H groups in total. The molecule has 0 aromatic rings. The molecule has 0 saturated carbocycles. The van der Waals surface area contributed by atoms with Gasteiger partial charge in [-0.1, -0.05) is 11.8 Å². The first-order chi connectivity index (χ1) is 4.25. The zero-order valence-corrected chi connectivity index (χ0v) is 5.27. The Bertz CT molecular complexity index is 176. The summed E-state index contributed by atoms with van der Waals surface area (Å²) < 4.78 is 0. The van der Waals surface area contributed by atoms with Crippen molar-refractivity contribution in [2.75, 3.05) is 5.75 Å². The summed E-state index contributed by atoms with van der Waals surface area (Å²) in [5.41, 5.74) is -0.0833. The molecule has 4 heteroatoms. The Balaban J connectivity index is 2.91. The lowest BCUT2D eigenvalue weighted by atomic mass is 10.2. The van der Waals surface area contributed by atoms with Crippen molar-refractivity contribution in [3.05, 3.63) is 11.8 Å². The number of aliphatic hydroxyl groups is 1. The highest BCUT2D eigenvalue weighted by Crippen LogP contribution is 2.20.